The fourth-order valence-electron chi connectivity index (χ4n) is 4.19. The van der Waals surface area contributed by atoms with E-state index in [9.17, 15) is 29.1 Å². The summed E-state index contributed by atoms with van der Waals surface area (Å²) in [6.07, 6.45) is 2.61. The van der Waals surface area contributed by atoms with Gasteiger partial charge in [-0.1, -0.05) is 13.8 Å². The first-order valence-electron chi connectivity index (χ1n) is 11.3. The smallest absolute Gasteiger partial charge is 0.326 e. The highest BCUT2D eigenvalue weighted by atomic mass is 16.4. The maximum Gasteiger partial charge on any atom is 0.326 e. The van der Waals surface area contributed by atoms with Crippen molar-refractivity contribution in [1.29, 1.82) is 0 Å². The summed E-state index contributed by atoms with van der Waals surface area (Å²) in [5, 5.41) is 17.9. The van der Waals surface area contributed by atoms with E-state index < -0.39 is 41.8 Å². The Morgan fingerprint density at radius 3 is 2.38 bits per heavy atom. The molecule has 4 atom stereocenters. The van der Waals surface area contributed by atoms with E-state index in [-0.39, 0.29) is 37.3 Å². The van der Waals surface area contributed by atoms with Crippen molar-refractivity contribution in [1.82, 2.24) is 20.9 Å². The number of carboxylic acid groups (broad SMARTS) is 1. The lowest BCUT2D eigenvalue weighted by atomic mass is 10.0. The number of rotatable bonds is 11. The first kappa shape index (κ1) is 25.6. The van der Waals surface area contributed by atoms with Gasteiger partial charge in [-0.2, -0.15) is 0 Å². The van der Waals surface area contributed by atoms with Gasteiger partial charge in [0.05, 0.1) is 6.04 Å². The second kappa shape index (κ2) is 11.8. The van der Waals surface area contributed by atoms with Gasteiger partial charge < -0.3 is 31.7 Å². The third kappa shape index (κ3) is 7.18. The topological polar surface area (TPSA) is 171 Å². The maximum absolute atomic E-state index is 13.1. The van der Waals surface area contributed by atoms with E-state index in [1.54, 1.807) is 0 Å². The van der Waals surface area contributed by atoms with E-state index in [1.165, 1.54) is 4.90 Å². The van der Waals surface area contributed by atoms with Crippen LogP contribution in [0.5, 0.6) is 0 Å². The summed E-state index contributed by atoms with van der Waals surface area (Å²) in [5.74, 6) is -3.01. The molecule has 0 aromatic carbocycles. The summed E-state index contributed by atoms with van der Waals surface area (Å²) in [5.41, 5.74) is 5.23. The Balaban J connectivity index is 2.13. The molecule has 32 heavy (non-hydrogen) atoms. The minimum atomic E-state index is -1.11. The number of carbonyl (C=O) groups is 5. The zero-order chi connectivity index (χ0) is 23.8. The number of carbonyl (C=O) groups excluding carboxylic acids is 4. The predicted octanol–water partition coefficient (Wildman–Crippen LogP) is -0.905. The standard InChI is InChI=1S/C21H35N5O6/c1-12(2)11-15(25-18(28)13-5-3-9-23-13)19(29)24-14(7-8-17(22)27)20(30)26-10-4-6-16(26)21(31)32/h12-16,23H,3-11H2,1-2H3,(H2,22,27)(H,24,29)(H,25,28)(H,31,32). The van der Waals surface area contributed by atoms with E-state index in [0.29, 0.717) is 25.7 Å². The molecule has 180 valence electrons. The number of nitrogens with one attached hydrogen (secondary N) is 3. The Labute approximate surface area is 187 Å². The van der Waals surface area contributed by atoms with Crippen LogP contribution in [0.3, 0.4) is 0 Å². The molecule has 0 aliphatic carbocycles. The van der Waals surface area contributed by atoms with Crippen LogP contribution in [0.15, 0.2) is 0 Å². The molecule has 2 aliphatic rings. The van der Waals surface area contributed by atoms with Gasteiger partial charge in [0.1, 0.15) is 18.1 Å². The fraction of sp³-hybridized carbons (Fsp3) is 0.762. The molecule has 4 amide bonds. The van der Waals surface area contributed by atoms with Crippen molar-refractivity contribution in [2.45, 2.75) is 83.0 Å². The lowest BCUT2D eigenvalue weighted by Crippen LogP contribution is -2.57. The minimum absolute atomic E-state index is 0.0464. The van der Waals surface area contributed by atoms with Gasteiger partial charge in [0.15, 0.2) is 0 Å². The zero-order valence-electron chi connectivity index (χ0n) is 18.8. The number of carboxylic acids is 1. The van der Waals surface area contributed by atoms with Crippen molar-refractivity contribution in [3.8, 4) is 0 Å². The van der Waals surface area contributed by atoms with Crippen molar-refractivity contribution in [2.24, 2.45) is 11.7 Å². The van der Waals surface area contributed by atoms with Gasteiger partial charge >= 0.3 is 5.97 Å². The molecule has 2 saturated heterocycles. The van der Waals surface area contributed by atoms with Gasteiger partial charge in [-0.3, -0.25) is 19.2 Å². The molecule has 11 heteroatoms. The fourth-order valence-corrected chi connectivity index (χ4v) is 4.19. The number of hydrogen-bond donors (Lipinski definition) is 5. The molecule has 0 saturated carbocycles. The van der Waals surface area contributed by atoms with Crippen molar-refractivity contribution in [3.05, 3.63) is 0 Å². The van der Waals surface area contributed by atoms with Crippen LogP contribution in [0.4, 0.5) is 0 Å². The van der Waals surface area contributed by atoms with Crippen LogP contribution >= 0.6 is 0 Å². The number of nitrogens with two attached hydrogens (primary N) is 1. The van der Waals surface area contributed by atoms with E-state index in [1.807, 2.05) is 13.8 Å². The summed E-state index contributed by atoms with van der Waals surface area (Å²) < 4.78 is 0. The number of nitrogens with zero attached hydrogens (tertiary/aromatic N) is 1. The van der Waals surface area contributed by atoms with Gasteiger partial charge in [-0.05, 0) is 51.0 Å². The quantitative estimate of drug-likeness (QED) is 0.270. The third-order valence-corrected chi connectivity index (χ3v) is 5.83. The minimum Gasteiger partial charge on any atom is -0.480 e. The molecule has 0 aromatic rings. The number of primary amides is 1. The second-order valence-corrected chi connectivity index (χ2v) is 8.93. The summed E-state index contributed by atoms with van der Waals surface area (Å²) in [4.78, 5) is 62.7. The molecule has 0 bridgehead atoms. The Morgan fingerprint density at radius 1 is 1.09 bits per heavy atom. The van der Waals surface area contributed by atoms with Crippen LogP contribution in [-0.2, 0) is 24.0 Å². The SMILES string of the molecule is CC(C)CC(NC(=O)C1CCCN1)C(=O)NC(CCC(N)=O)C(=O)N1CCCC1C(=O)O. The number of likely N-dealkylation sites (tertiary alicyclic amines) is 1. The number of aliphatic carboxylic acids is 1. The Morgan fingerprint density at radius 2 is 1.81 bits per heavy atom. The van der Waals surface area contributed by atoms with Crippen molar-refractivity contribution < 1.29 is 29.1 Å². The summed E-state index contributed by atoms with van der Waals surface area (Å²) in [6.45, 7) is 4.83. The van der Waals surface area contributed by atoms with Gasteiger partial charge in [0, 0.05) is 13.0 Å². The third-order valence-electron chi connectivity index (χ3n) is 5.83. The number of amides is 4. The second-order valence-electron chi connectivity index (χ2n) is 8.93. The Kier molecular flexibility index (Phi) is 9.42. The summed E-state index contributed by atoms with van der Waals surface area (Å²) in [7, 11) is 0. The molecule has 0 spiro atoms. The highest BCUT2D eigenvalue weighted by Gasteiger charge is 2.38. The predicted molar refractivity (Wildman–Crippen MR) is 115 cm³/mol. The molecule has 6 N–H and O–H groups in total. The maximum atomic E-state index is 13.1. The zero-order valence-corrected chi connectivity index (χ0v) is 18.8. The van der Waals surface area contributed by atoms with Crippen molar-refractivity contribution in [3.63, 3.8) is 0 Å². The molecule has 2 aliphatic heterocycles. The molecular weight excluding hydrogens is 418 g/mol. The Bertz CT molecular complexity index is 721. The average Bonchev–Trinajstić information content (AvgIpc) is 3.41. The lowest BCUT2D eigenvalue weighted by Gasteiger charge is -2.29. The summed E-state index contributed by atoms with van der Waals surface area (Å²) >= 11 is 0. The van der Waals surface area contributed by atoms with E-state index in [2.05, 4.69) is 16.0 Å². The van der Waals surface area contributed by atoms with Crippen LogP contribution in [-0.4, -0.2) is 76.9 Å². The van der Waals surface area contributed by atoms with Gasteiger partial charge in [0.2, 0.25) is 23.6 Å². The highest BCUT2D eigenvalue weighted by Crippen LogP contribution is 2.20. The van der Waals surface area contributed by atoms with Crippen molar-refractivity contribution >= 4 is 29.6 Å². The van der Waals surface area contributed by atoms with Crippen LogP contribution in [0.1, 0.15) is 58.8 Å². The molecule has 0 radical (unpaired) electrons. The summed E-state index contributed by atoms with van der Waals surface area (Å²) in [6, 6.07) is -3.28. The molecule has 4 unspecified atom stereocenters. The lowest BCUT2D eigenvalue weighted by molar-refractivity contribution is -0.149. The van der Waals surface area contributed by atoms with E-state index >= 15 is 0 Å². The largest absolute Gasteiger partial charge is 0.480 e. The molecule has 2 heterocycles. The van der Waals surface area contributed by atoms with Crippen LogP contribution in [0.25, 0.3) is 0 Å². The van der Waals surface area contributed by atoms with E-state index in [0.717, 1.165) is 13.0 Å². The average molecular weight is 454 g/mol. The normalized spacial score (nSPS) is 22.4. The first-order chi connectivity index (χ1) is 15.1. The molecular formula is C21H35N5O6. The molecule has 11 nitrogen and oxygen atoms in total. The van der Waals surface area contributed by atoms with Gasteiger partial charge in [-0.25, -0.2) is 4.79 Å². The van der Waals surface area contributed by atoms with Crippen LogP contribution in [0, 0.1) is 5.92 Å². The Hall–Kier alpha value is -2.69. The van der Waals surface area contributed by atoms with Gasteiger partial charge in [0.25, 0.3) is 0 Å². The van der Waals surface area contributed by atoms with Crippen molar-refractivity contribution in [2.75, 3.05) is 13.1 Å². The molecule has 2 rings (SSSR count). The van der Waals surface area contributed by atoms with Crippen LogP contribution in [0.2, 0.25) is 0 Å². The first-order valence-corrected chi connectivity index (χ1v) is 11.3. The van der Waals surface area contributed by atoms with E-state index in [4.69, 9.17) is 5.73 Å². The monoisotopic (exact) mass is 453 g/mol. The van der Waals surface area contributed by atoms with Gasteiger partial charge in [-0.15, -0.1) is 0 Å². The van der Waals surface area contributed by atoms with Crippen LogP contribution < -0.4 is 21.7 Å². The molecule has 0 aromatic heterocycles. The molecule has 2 fully saturated rings. The number of hydrogen-bond acceptors (Lipinski definition) is 6. The highest BCUT2D eigenvalue weighted by molar-refractivity contribution is 5.94.